The lowest BCUT2D eigenvalue weighted by atomic mass is 10.0. The van der Waals surface area contributed by atoms with Crippen molar-refractivity contribution < 1.29 is 63.3 Å². The number of Topliss-reactive ketones (excluding diaryl/α,β-unsaturated/α-hetero) is 1. The van der Waals surface area contributed by atoms with E-state index in [1.54, 1.807) is 72.8 Å². The fourth-order valence-electron chi connectivity index (χ4n) is 7.04. The minimum absolute atomic E-state index is 0.0130. The number of hydrogen-bond donors (Lipinski definition) is 0. The van der Waals surface area contributed by atoms with Crippen molar-refractivity contribution in [3.05, 3.63) is 199 Å². The molecule has 0 fully saturated rings. The number of benzene rings is 6. The molecule has 0 aliphatic heterocycles. The van der Waals surface area contributed by atoms with Crippen LogP contribution in [0.25, 0.3) is 0 Å². The summed E-state index contributed by atoms with van der Waals surface area (Å²) in [6, 6.07) is 42.1. The van der Waals surface area contributed by atoms with E-state index >= 15 is 0 Å². The molecule has 74 heavy (non-hydrogen) atoms. The second-order valence-electron chi connectivity index (χ2n) is 16.6. The molecule has 0 aromatic heterocycles. The van der Waals surface area contributed by atoms with Crippen molar-refractivity contribution in [2.45, 2.75) is 44.1 Å². The Morgan fingerprint density at radius 2 is 0.784 bits per heavy atom. The second kappa shape index (κ2) is 29.2. The van der Waals surface area contributed by atoms with E-state index < -0.39 is 56.4 Å². The molecule has 6 rings (SSSR count). The Kier molecular flexibility index (Phi) is 23.6. The molecule has 0 heterocycles. The number of alkyl halides is 3. The van der Waals surface area contributed by atoms with Crippen LogP contribution in [0.1, 0.15) is 58.4 Å². The maximum absolute atomic E-state index is 12.6. The minimum Gasteiger partial charge on any atom is -0.485 e. The quantitative estimate of drug-likeness (QED) is 0.0478. The fraction of sp³-hybridized carbons (Fsp3) is 0.296. The number of ether oxygens (including phenoxy) is 5. The number of sulfone groups is 2. The first-order valence-corrected chi connectivity index (χ1v) is 28.1. The van der Waals surface area contributed by atoms with Gasteiger partial charge in [-0.1, -0.05) is 119 Å². The van der Waals surface area contributed by atoms with Crippen LogP contribution < -0.4 is 9.47 Å². The number of methoxy groups -OCH3 is 1. The molecular formula is C54H53Cl4F3O11S2. The Labute approximate surface area is 449 Å². The van der Waals surface area contributed by atoms with Crippen LogP contribution in [0.15, 0.2) is 146 Å². The first-order valence-electron chi connectivity index (χ1n) is 22.9. The van der Waals surface area contributed by atoms with Gasteiger partial charge in [-0.2, -0.15) is 13.2 Å². The van der Waals surface area contributed by atoms with Gasteiger partial charge < -0.3 is 23.7 Å². The molecule has 0 aliphatic carbocycles. The van der Waals surface area contributed by atoms with Crippen LogP contribution in [-0.2, 0) is 56.3 Å². The van der Waals surface area contributed by atoms with E-state index in [-0.39, 0.29) is 48.6 Å². The summed E-state index contributed by atoms with van der Waals surface area (Å²) >= 11 is 24.0. The highest BCUT2D eigenvalue weighted by Crippen LogP contribution is 2.30. The van der Waals surface area contributed by atoms with Gasteiger partial charge in [0.15, 0.2) is 32.9 Å². The van der Waals surface area contributed by atoms with Gasteiger partial charge in [0.25, 0.3) is 5.78 Å². The van der Waals surface area contributed by atoms with Crippen molar-refractivity contribution in [2.75, 3.05) is 56.5 Å². The first kappa shape index (κ1) is 59.7. The average molecular weight is 1140 g/mol. The Morgan fingerprint density at radius 1 is 0.473 bits per heavy atom. The normalized spacial score (nSPS) is 11.8. The van der Waals surface area contributed by atoms with Crippen LogP contribution in [0.4, 0.5) is 13.2 Å². The zero-order valence-electron chi connectivity index (χ0n) is 39.9. The van der Waals surface area contributed by atoms with E-state index in [1.165, 1.54) is 19.2 Å². The summed E-state index contributed by atoms with van der Waals surface area (Å²) in [6.45, 7) is -1.21. The van der Waals surface area contributed by atoms with Gasteiger partial charge in [0.1, 0.15) is 23.7 Å². The van der Waals surface area contributed by atoms with E-state index in [1.807, 2.05) is 60.7 Å². The molecule has 0 amide bonds. The summed E-state index contributed by atoms with van der Waals surface area (Å²) in [7, 11) is -5.40. The molecule has 11 nitrogen and oxygen atoms in total. The molecule has 0 radical (unpaired) electrons. The molecular weight excluding hydrogens is 1090 g/mol. The van der Waals surface area contributed by atoms with Gasteiger partial charge in [-0.25, -0.2) is 21.6 Å². The van der Waals surface area contributed by atoms with Crippen molar-refractivity contribution in [1.29, 1.82) is 0 Å². The minimum atomic E-state index is -4.94. The number of aryl methyl sites for hydroxylation is 2. The summed E-state index contributed by atoms with van der Waals surface area (Å²) < 4.78 is 114. The molecule has 0 unspecified atom stereocenters. The monoisotopic (exact) mass is 1140 g/mol. The van der Waals surface area contributed by atoms with Gasteiger partial charge in [0.2, 0.25) is 0 Å². The molecule has 0 aliphatic rings. The van der Waals surface area contributed by atoms with E-state index in [4.69, 9.17) is 65.4 Å². The van der Waals surface area contributed by atoms with Gasteiger partial charge in [0, 0.05) is 20.1 Å². The van der Waals surface area contributed by atoms with Gasteiger partial charge >= 0.3 is 12.1 Å². The molecule has 396 valence electrons. The number of halogens is 7. The van der Waals surface area contributed by atoms with Crippen LogP contribution in [0.2, 0.25) is 20.1 Å². The highest BCUT2D eigenvalue weighted by molar-refractivity contribution is 7.91. The largest absolute Gasteiger partial charge is 0.485 e. The summed E-state index contributed by atoms with van der Waals surface area (Å²) in [4.78, 5) is 22.0. The molecule has 0 spiro atoms. The molecule has 0 saturated heterocycles. The number of carbonyl (C=O) groups is 2. The second-order valence-corrected chi connectivity index (χ2v) is 22.9. The van der Waals surface area contributed by atoms with E-state index in [2.05, 4.69) is 4.74 Å². The van der Waals surface area contributed by atoms with Gasteiger partial charge in [-0.3, -0.25) is 4.79 Å². The molecule has 20 heteroatoms. The third kappa shape index (κ3) is 21.2. The standard InChI is InChI=1S/C27H25Cl2F3O5S.C27H28Cl2O6S/c28-22-9-5-20(6-10-22)26(21-7-11-23(29)12-8-21)36-15-17-38(34,35)16-1-2-19-3-13-24(14-4-19)37-18-25(33)27(30,31)32;1-33-26(30)19-35-25-14-4-20(5-15-25)3-2-17-36(31,32)18-16-34-27(21-6-10-23(28)11-7-21)22-8-12-24(29)13-9-22/h3-14,26H,1-2,15-18H2;4-15,27H,2-3,16-19H2,1H3. The maximum atomic E-state index is 12.6. The zero-order valence-corrected chi connectivity index (χ0v) is 44.6. The first-order chi connectivity index (χ1) is 35.2. The number of rotatable bonds is 26. The predicted molar refractivity (Wildman–Crippen MR) is 282 cm³/mol. The molecule has 0 bridgehead atoms. The number of ketones is 1. The smallest absolute Gasteiger partial charge is 0.453 e. The average Bonchev–Trinajstić information content (AvgIpc) is 3.37. The van der Waals surface area contributed by atoms with Crippen molar-refractivity contribution in [3.63, 3.8) is 0 Å². The van der Waals surface area contributed by atoms with Gasteiger partial charge in [-0.15, -0.1) is 0 Å². The van der Waals surface area contributed by atoms with Crippen LogP contribution >= 0.6 is 46.4 Å². The number of esters is 1. The zero-order chi connectivity index (χ0) is 53.7. The van der Waals surface area contributed by atoms with Crippen LogP contribution in [0, 0.1) is 0 Å². The van der Waals surface area contributed by atoms with Crippen molar-refractivity contribution >= 4 is 77.8 Å². The van der Waals surface area contributed by atoms with Crippen molar-refractivity contribution in [3.8, 4) is 11.5 Å². The van der Waals surface area contributed by atoms with Crippen LogP contribution in [0.5, 0.6) is 11.5 Å². The van der Waals surface area contributed by atoms with Gasteiger partial charge in [-0.05, 0) is 132 Å². The third-order valence-corrected chi connectivity index (χ3v) is 15.4. The SMILES string of the molecule is COC(=O)COc1ccc(CCCS(=O)(=O)CCOC(c2ccc(Cl)cc2)c2ccc(Cl)cc2)cc1.O=C(COc1ccc(CCCS(=O)(=O)CCOC(c2ccc(Cl)cc2)c2ccc(Cl)cc2)cc1)C(F)(F)F. The Hall–Kier alpha value is -5.17. The fourth-order valence-corrected chi connectivity index (χ4v) is 9.82. The van der Waals surface area contributed by atoms with Crippen LogP contribution in [0.3, 0.4) is 0 Å². The van der Waals surface area contributed by atoms with Crippen molar-refractivity contribution in [2.24, 2.45) is 0 Å². The van der Waals surface area contributed by atoms with E-state index in [9.17, 15) is 39.6 Å². The van der Waals surface area contributed by atoms with Crippen molar-refractivity contribution in [1.82, 2.24) is 0 Å². The molecule has 0 atom stereocenters. The Bertz CT molecular complexity index is 2820. The molecule has 0 saturated carbocycles. The molecule has 6 aromatic carbocycles. The lowest BCUT2D eigenvalue weighted by molar-refractivity contribution is -0.173. The molecule has 0 N–H and O–H groups in total. The number of carbonyl (C=O) groups excluding carboxylic acids is 2. The lowest BCUT2D eigenvalue weighted by Crippen LogP contribution is -2.28. The topological polar surface area (TPSA) is 149 Å². The van der Waals surface area contributed by atoms with E-state index in [0.29, 0.717) is 51.5 Å². The molecule has 6 aromatic rings. The predicted octanol–water partition coefficient (Wildman–Crippen LogP) is 12.4. The highest BCUT2D eigenvalue weighted by Gasteiger charge is 2.38. The third-order valence-electron chi connectivity index (χ3n) is 11.0. The van der Waals surface area contributed by atoms with E-state index in [0.717, 1.165) is 33.4 Å². The Morgan fingerprint density at radius 3 is 1.08 bits per heavy atom. The maximum Gasteiger partial charge on any atom is 0.453 e. The van der Waals surface area contributed by atoms with Gasteiger partial charge in [0.05, 0.1) is 43.3 Å². The summed E-state index contributed by atoms with van der Waals surface area (Å²) in [5, 5.41) is 2.37. The summed E-state index contributed by atoms with van der Waals surface area (Å²) in [6.07, 6.45) is -3.98. The Balaban J connectivity index is 0.000000274. The number of hydrogen-bond acceptors (Lipinski definition) is 11. The lowest BCUT2D eigenvalue weighted by Gasteiger charge is -2.19. The summed E-state index contributed by atoms with van der Waals surface area (Å²) in [5.41, 5.74) is 5.17. The highest BCUT2D eigenvalue weighted by atomic mass is 35.5. The van der Waals surface area contributed by atoms with Crippen LogP contribution in [-0.4, -0.2) is 91.3 Å². The summed E-state index contributed by atoms with van der Waals surface area (Å²) in [5.74, 6) is -2.00.